The molecule has 0 radical (unpaired) electrons. The predicted octanol–water partition coefficient (Wildman–Crippen LogP) is 6.64. The molecule has 3 N–H and O–H groups in total. The SMILES string of the molecule is COc1ccccc1N.COc1ccccc1Nc1ccc2ncc(-c3cc4ccccc4s3)n2n1. The first kappa shape index (κ1) is 23.2. The number of para-hydroxylation sites is 4. The highest BCUT2D eigenvalue weighted by molar-refractivity contribution is 7.22. The number of ether oxygens (including phenoxy) is 2. The van der Waals surface area contributed by atoms with E-state index in [9.17, 15) is 0 Å². The second-order valence-corrected chi connectivity index (χ2v) is 8.93. The number of anilines is 3. The number of nitrogens with zero attached hydrogens (tertiary/aromatic N) is 3. The number of hydrogen-bond acceptors (Lipinski definition) is 7. The van der Waals surface area contributed by atoms with Crippen LogP contribution in [0.25, 0.3) is 26.3 Å². The number of nitrogens with one attached hydrogen (secondary N) is 1. The predicted molar refractivity (Wildman–Crippen MR) is 147 cm³/mol. The standard InChI is InChI=1S/C21H16N4OS.C7H9NO/c1-26-17-8-4-3-7-15(17)23-20-10-11-21-22-13-16(25(21)24-20)19-12-14-6-2-5-9-18(14)27-19;1-9-7-5-3-2-4-6(7)8/h2-13H,1H3,(H,23,24);2-5H,8H2,1H3. The van der Waals surface area contributed by atoms with Crippen LogP contribution in [-0.4, -0.2) is 28.8 Å². The van der Waals surface area contributed by atoms with Gasteiger partial charge in [-0.15, -0.1) is 16.4 Å². The van der Waals surface area contributed by atoms with Crippen LogP contribution in [0.3, 0.4) is 0 Å². The molecule has 3 heterocycles. The number of nitrogens with two attached hydrogens (primary N) is 1. The summed E-state index contributed by atoms with van der Waals surface area (Å²) in [5.74, 6) is 2.24. The Morgan fingerprint density at radius 1 is 0.833 bits per heavy atom. The number of methoxy groups -OCH3 is 2. The highest BCUT2D eigenvalue weighted by Crippen LogP contribution is 2.34. The van der Waals surface area contributed by atoms with Crippen LogP contribution in [0, 0.1) is 0 Å². The van der Waals surface area contributed by atoms with Crippen LogP contribution in [0.5, 0.6) is 11.5 Å². The molecule has 0 aliphatic heterocycles. The fourth-order valence-electron chi connectivity index (χ4n) is 3.77. The van der Waals surface area contributed by atoms with Gasteiger partial charge in [0.05, 0.1) is 36.7 Å². The normalized spacial score (nSPS) is 10.6. The summed E-state index contributed by atoms with van der Waals surface area (Å²) in [5, 5.41) is 9.31. The van der Waals surface area contributed by atoms with Crippen molar-refractivity contribution in [2.24, 2.45) is 0 Å². The third-order valence-corrected chi connectivity index (χ3v) is 6.69. The number of benzene rings is 3. The number of fused-ring (bicyclic) bond motifs is 2. The molecule has 3 aromatic carbocycles. The fourth-order valence-corrected chi connectivity index (χ4v) is 4.83. The summed E-state index contributed by atoms with van der Waals surface area (Å²) in [6.07, 6.45) is 1.87. The van der Waals surface area contributed by atoms with Crippen LogP contribution in [0.2, 0.25) is 0 Å². The molecular formula is C28H25N5O2S. The van der Waals surface area contributed by atoms with Crippen molar-refractivity contribution in [1.29, 1.82) is 0 Å². The summed E-state index contributed by atoms with van der Waals surface area (Å²) in [6.45, 7) is 0. The van der Waals surface area contributed by atoms with E-state index in [1.165, 1.54) is 10.1 Å². The molecule has 0 saturated carbocycles. The molecule has 0 atom stereocenters. The summed E-state index contributed by atoms with van der Waals surface area (Å²) in [5.41, 5.74) is 8.85. The summed E-state index contributed by atoms with van der Waals surface area (Å²) in [4.78, 5) is 5.65. The molecule has 8 heteroatoms. The van der Waals surface area contributed by atoms with E-state index in [1.54, 1.807) is 31.6 Å². The zero-order valence-corrected chi connectivity index (χ0v) is 20.7. The number of thiophene rings is 1. The maximum atomic E-state index is 5.51. The third kappa shape index (κ3) is 4.80. The van der Waals surface area contributed by atoms with E-state index in [0.29, 0.717) is 5.69 Å². The first-order valence-corrected chi connectivity index (χ1v) is 12.1. The molecular weight excluding hydrogens is 470 g/mol. The van der Waals surface area contributed by atoms with Crippen molar-refractivity contribution in [1.82, 2.24) is 14.6 Å². The van der Waals surface area contributed by atoms with Crippen LogP contribution in [0.15, 0.2) is 97.2 Å². The van der Waals surface area contributed by atoms with Gasteiger partial charge in [-0.05, 0) is 53.9 Å². The molecule has 0 amide bonds. The zero-order valence-electron chi connectivity index (χ0n) is 19.9. The van der Waals surface area contributed by atoms with Gasteiger partial charge in [-0.3, -0.25) is 0 Å². The van der Waals surface area contributed by atoms with Crippen molar-refractivity contribution in [3.63, 3.8) is 0 Å². The average molecular weight is 496 g/mol. The average Bonchev–Trinajstić information content (AvgIpc) is 3.53. The maximum Gasteiger partial charge on any atom is 0.154 e. The van der Waals surface area contributed by atoms with Gasteiger partial charge in [-0.25, -0.2) is 9.50 Å². The lowest BCUT2D eigenvalue weighted by molar-refractivity contribution is 0.417. The Kier molecular flexibility index (Phi) is 6.68. The van der Waals surface area contributed by atoms with Gasteiger partial charge in [-0.1, -0.05) is 42.5 Å². The Balaban J connectivity index is 0.000000252. The first-order valence-electron chi connectivity index (χ1n) is 11.3. The summed E-state index contributed by atoms with van der Waals surface area (Å²) in [6, 6.07) is 29.6. The molecule has 0 aliphatic carbocycles. The molecule has 6 rings (SSSR count). The second-order valence-electron chi connectivity index (χ2n) is 7.85. The molecule has 0 unspecified atom stereocenters. The van der Waals surface area contributed by atoms with Crippen LogP contribution < -0.4 is 20.5 Å². The smallest absolute Gasteiger partial charge is 0.154 e. The van der Waals surface area contributed by atoms with Crippen molar-refractivity contribution < 1.29 is 9.47 Å². The molecule has 0 bridgehead atoms. The molecule has 0 fully saturated rings. The number of hydrogen-bond donors (Lipinski definition) is 2. The van der Waals surface area contributed by atoms with Crippen molar-refractivity contribution in [2.75, 3.05) is 25.3 Å². The second kappa shape index (κ2) is 10.4. The van der Waals surface area contributed by atoms with Gasteiger partial charge in [0.2, 0.25) is 0 Å². The van der Waals surface area contributed by atoms with Crippen molar-refractivity contribution in [3.05, 3.63) is 97.2 Å². The van der Waals surface area contributed by atoms with Gasteiger partial charge >= 0.3 is 0 Å². The van der Waals surface area contributed by atoms with Gasteiger partial charge in [0, 0.05) is 4.70 Å². The molecule has 180 valence electrons. The van der Waals surface area contributed by atoms with Gasteiger partial charge in [0.25, 0.3) is 0 Å². The number of nitrogen functional groups attached to an aromatic ring is 1. The lowest BCUT2D eigenvalue weighted by Gasteiger charge is -2.10. The molecule has 36 heavy (non-hydrogen) atoms. The van der Waals surface area contributed by atoms with E-state index < -0.39 is 0 Å². The van der Waals surface area contributed by atoms with Crippen LogP contribution >= 0.6 is 11.3 Å². The zero-order chi connectivity index (χ0) is 24.9. The summed E-state index contributed by atoms with van der Waals surface area (Å²) < 4.78 is 13.5. The van der Waals surface area contributed by atoms with Gasteiger partial charge in [-0.2, -0.15) is 0 Å². The largest absolute Gasteiger partial charge is 0.495 e. The topological polar surface area (TPSA) is 86.7 Å². The quantitative estimate of drug-likeness (QED) is 0.261. The number of aromatic nitrogens is 3. The fraction of sp³-hybridized carbons (Fsp3) is 0.0714. The van der Waals surface area contributed by atoms with E-state index in [4.69, 9.17) is 20.3 Å². The van der Waals surface area contributed by atoms with Crippen LogP contribution in [0.4, 0.5) is 17.2 Å². The molecule has 3 aromatic heterocycles. The van der Waals surface area contributed by atoms with Gasteiger partial charge in [0.15, 0.2) is 11.5 Å². The minimum atomic E-state index is 0.681. The molecule has 0 aliphatic rings. The maximum absolute atomic E-state index is 5.51. The summed E-state index contributed by atoms with van der Waals surface area (Å²) >= 11 is 1.74. The minimum Gasteiger partial charge on any atom is -0.495 e. The van der Waals surface area contributed by atoms with Gasteiger partial charge < -0.3 is 20.5 Å². The van der Waals surface area contributed by atoms with Crippen molar-refractivity contribution in [2.45, 2.75) is 0 Å². The molecule has 0 saturated heterocycles. The molecule has 7 nitrogen and oxygen atoms in total. The van der Waals surface area contributed by atoms with Crippen molar-refractivity contribution in [3.8, 4) is 22.1 Å². The Bertz CT molecular complexity index is 1590. The minimum absolute atomic E-state index is 0.681. The van der Waals surface area contributed by atoms with Crippen LogP contribution in [0.1, 0.15) is 0 Å². The van der Waals surface area contributed by atoms with Crippen molar-refractivity contribution >= 4 is 44.3 Å². The van der Waals surface area contributed by atoms with E-state index in [0.717, 1.165) is 39.2 Å². The van der Waals surface area contributed by atoms with Crippen LogP contribution in [-0.2, 0) is 0 Å². The van der Waals surface area contributed by atoms with E-state index in [2.05, 4.69) is 40.6 Å². The molecule has 6 aromatic rings. The lowest BCUT2D eigenvalue weighted by Crippen LogP contribution is -2.01. The van der Waals surface area contributed by atoms with Gasteiger partial charge in [0.1, 0.15) is 17.2 Å². The highest BCUT2D eigenvalue weighted by atomic mass is 32.1. The van der Waals surface area contributed by atoms with E-state index in [-0.39, 0.29) is 0 Å². The first-order chi connectivity index (χ1) is 17.7. The van der Waals surface area contributed by atoms with E-state index >= 15 is 0 Å². The number of imidazole rings is 1. The Morgan fingerprint density at radius 3 is 2.31 bits per heavy atom. The number of rotatable bonds is 5. The highest BCUT2D eigenvalue weighted by Gasteiger charge is 2.12. The lowest BCUT2D eigenvalue weighted by atomic mass is 10.2. The Hall–Kier alpha value is -4.56. The molecule has 0 spiro atoms. The third-order valence-electron chi connectivity index (χ3n) is 5.55. The Labute approximate surface area is 212 Å². The Morgan fingerprint density at radius 2 is 1.56 bits per heavy atom. The van der Waals surface area contributed by atoms with E-state index in [1.807, 2.05) is 65.3 Å². The summed E-state index contributed by atoms with van der Waals surface area (Å²) in [7, 11) is 3.26. The monoisotopic (exact) mass is 495 g/mol.